The van der Waals surface area contributed by atoms with Gasteiger partial charge in [-0.3, -0.25) is 4.79 Å². The van der Waals surface area contributed by atoms with Crippen LogP contribution in [0.3, 0.4) is 0 Å². The molecule has 0 fully saturated rings. The van der Waals surface area contributed by atoms with Gasteiger partial charge in [-0.1, -0.05) is 96.2 Å². The molecule has 0 heterocycles. The maximum Gasteiger partial charge on any atom is 0.168 e. The van der Waals surface area contributed by atoms with Crippen LogP contribution in [0.15, 0.2) is 48.5 Å². The van der Waals surface area contributed by atoms with Crippen LogP contribution in [0.25, 0.3) is 11.1 Å². The topological polar surface area (TPSA) is 26.3 Å². The summed E-state index contributed by atoms with van der Waals surface area (Å²) < 4.78 is 5.85. The summed E-state index contributed by atoms with van der Waals surface area (Å²) in [6, 6.07) is 16.1. The fourth-order valence-corrected chi connectivity index (χ4v) is 3.06. The number of hydrogen-bond donors (Lipinski definition) is 0. The van der Waals surface area contributed by atoms with Crippen molar-refractivity contribution in [1.82, 2.24) is 0 Å². The molecule has 0 aromatic heterocycles. The van der Waals surface area contributed by atoms with Gasteiger partial charge in [0, 0.05) is 11.0 Å². The maximum absolute atomic E-state index is 12.3. The van der Waals surface area contributed by atoms with Gasteiger partial charge in [0.05, 0.1) is 6.61 Å². The molecule has 0 saturated carbocycles. The second-order valence-corrected chi connectivity index (χ2v) is 8.30. The molecule has 0 aliphatic rings. The Balaban J connectivity index is 1.85. The summed E-state index contributed by atoms with van der Waals surface area (Å²) in [5.74, 6) is 1.10. The summed E-state index contributed by atoms with van der Waals surface area (Å²) in [5.41, 5.74) is 2.67. The van der Waals surface area contributed by atoms with Crippen LogP contribution in [0.1, 0.15) is 76.6 Å². The van der Waals surface area contributed by atoms with E-state index in [0.717, 1.165) is 35.5 Å². The van der Waals surface area contributed by atoms with Crippen molar-refractivity contribution in [3.8, 4) is 16.9 Å². The fourth-order valence-electron chi connectivity index (χ4n) is 3.06. The van der Waals surface area contributed by atoms with Crippen molar-refractivity contribution >= 4 is 5.78 Å². The van der Waals surface area contributed by atoms with E-state index in [0.29, 0.717) is 0 Å². The number of hydrogen-bond acceptors (Lipinski definition) is 2. The van der Waals surface area contributed by atoms with E-state index in [1.54, 1.807) is 0 Å². The standard InChI is InChI=1S/C25H34O2/c1-5-6-7-8-9-10-19-27-23-17-15-21(16-18-23)20-11-13-22(14-12-20)24(26)25(2,3)4/h11-18H,5-10,19H2,1-4H3. The average Bonchev–Trinajstić information content (AvgIpc) is 2.67. The smallest absolute Gasteiger partial charge is 0.168 e. The van der Waals surface area contributed by atoms with Crippen LogP contribution in [0, 0.1) is 5.41 Å². The molecule has 2 aromatic rings. The minimum absolute atomic E-state index is 0.174. The van der Waals surface area contributed by atoms with Crippen LogP contribution >= 0.6 is 0 Å². The molecule has 0 aliphatic heterocycles. The third-order valence-corrected chi connectivity index (χ3v) is 4.78. The molecule has 2 nitrogen and oxygen atoms in total. The van der Waals surface area contributed by atoms with E-state index in [1.165, 1.54) is 32.1 Å². The zero-order chi connectivity index (χ0) is 19.7. The number of ether oxygens (including phenoxy) is 1. The van der Waals surface area contributed by atoms with Gasteiger partial charge in [-0.15, -0.1) is 0 Å². The molecule has 0 N–H and O–H groups in total. The van der Waals surface area contributed by atoms with Crippen molar-refractivity contribution < 1.29 is 9.53 Å². The normalized spacial score (nSPS) is 11.4. The first-order chi connectivity index (χ1) is 12.9. The molecule has 0 aliphatic carbocycles. The van der Waals surface area contributed by atoms with Gasteiger partial charge in [-0.05, 0) is 29.7 Å². The molecule has 146 valence electrons. The molecule has 2 heteroatoms. The first-order valence-electron chi connectivity index (χ1n) is 10.3. The van der Waals surface area contributed by atoms with Crippen molar-refractivity contribution in [3.63, 3.8) is 0 Å². The SMILES string of the molecule is CCCCCCCCOc1ccc(-c2ccc(C(=O)C(C)(C)C)cc2)cc1. The lowest BCUT2D eigenvalue weighted by Gasteiger charge is -2.16. The van der Waals surface area contributed by atoms with Gasteiger partial charge < -0.3 is 4.74 Å². The third-order valence-electron chi connectivity index (χ3n) is 4.78. The number of unbranched alkanes of at least 4 members (excludes halogenated alkanes) is 5. The largest absolute Gasteiger partial charge is 0.494 e. The molecule has 0 spiro atoms. The highest BCUT2D eigenvalue weighted by Crippen LogP contribution is 2.26. The van der Waals surface area contributed by atoms with Gasteiger partial charge in [0.15, 0.2) is 5.78 Å². The van der Waals surface area contributed by atoms with Crippen molar-refractivity contribution in [3.05, 3.63) is 54.1 Å². The summed E-state index contributed by atoms with van der Waals surface area (Å²) in [5, 5.41) is 0. The lowest BCUT2D eigenvalue weighted by atomic mass is 9.86. The molecule has 0 atom stereocenters. The summed E-state index contributed by atoms with van der Waals surface area (Å²) in [4.78, 5) is 12.3. The zero-order valence-corrected chi connectivity index (χ0v) is 17.4. The van der Waals surface area contributed by atoms with Gasteiger partial charge in [0.25, 0.3) is 0 Å². The molecule has 0 saturated heterocycles. The molecule has 0 bridgehead atoms. The lowest BCUT2D eigenvalue weighted by molar-refractivity contribution is 0.0858. The van der Waals surface area contributed by atoms with Gasteiger partial charge in [0.1, 0.15) is 5.75 Å². The Morgan fingerprint density at radius 2 is 1.30 bits per heavy atom. The minimum Gasteiger partial charge on any atom is -0.494 e. The van der Waals surface area contributed by atoms with E-state index in [1.807, 2.05) is 57.2 Å². The second-order valence-electron chi connectivity index (χ2n) is 8.30. The van der Waals surface area contributed by atoms with E-state index in [2.05, 4.69) is 19.1 Å². The lowest BCUT2D eigenvalue weighted by Crippen LogP contribution is -2.19. The number of carbonyl (C=O) groups is 1. The highest BCUT2D eigenvalue weighted by molar-refractivity contribution is 6.00. The van der Waals surface area contributed by atoms with E-state index < -0.39 is 0 Å². The van der Waals surface area contributed by atoms with Crippen molar-refractivity contribution in [1.29, 1.82) is 0 Å². The first-order valence-corrected chi connectivity index (χ1v) is 10.3. The van der Waals surface area contributed by atoms with Crippen LogP contribution in [0.2, 0.25) is 0 Å². The second kappa shape index (κ2) is 10.3. The Morgan fingerprint density at radius 1 is 0.778 bits per heavy atom. The zero-order valence-electron chi connectivity index (χ0n) is 17.4. The molecule has 27 heavy (non-hydrogen) atoms. The maximum atomic E-state index is 12.3. The summed E-state index contributed by atoms with van der Waals surface area (Å²) in [7, 11) is 0. The number of benzene rings is 2. The van der Waals surface area contributed by atoms with Gasteiger partial charge in [-0.25, -0.2) is 0 Å². The van der Waals surface area contributed by atoms with E-state index in [-0.39, 0.29) is 11.2 Å². The minimum atomic E-state index is -0.351. The van der Waals surface area contributed by atoms with Crippen molar-refractivity contribution in [2.24, 2.45) is 5.41 Å². The van der Waals surface area contributed by atoms with E-state index in [9.17, 15) is 4.79 Å². The first kappa shape index (κ1) is 21.2. The predicted molar refractivity (Wildman–Crippen MR) is 115 cm³/mol. The third kappa shape index (κ3) is 6.86. The highest BCUT2D eigenvalue weighted by Gasteiger charge is 2.22. The number of carbonyl (C=O) groups excluding carboxylic acids is 1. The van der Waals surface area contributed by atoms with Gasteiger partial charge in [0.2, 0.25) is 0 Å². The molecule has 0 unspecified atom stereocenters. The summed E-state index contributed by atoms with van der Waals surface area (Å²) >= 11 is 0. The number of ketones is 1. The monoisotopic (exact) mass is 366 g/mol. The molecule has 2 rings (SSSR count). The Kier molecular flexibility index (Phi) is 8.09. The Hall–Kier alpha value is -2.09. The Morgan fingerprint density at radius 3 is 1.85 bits per heavy atom. The summed E-state index contributed by atoms with van der Waals surface area (Å²) in [6.07, 6.45) is 7.65. The van der Waals surface area contributed by atoms with Crippen molar-refractivity contribution in [2.75, 3.05) is 6.61 Å². The molecule has 0 radical (unpaired) electrons. The molecular formula is C25H34O2. The summed E-state index contributed by atoms with van der Waals surface area (Å²) in [6.45, 7) is 8.88. The van der Waals surface area contributed by atoms with Crippen LogP contribution in [0.4, 0.5) is 0 Å². The van der Waals surface area contributed by atoms with Gasteiger partial charge in [-0.2, -0.15) is 0 Å². The average molecular weight is 367 g/mol. The van der Waals surface area contributed by atoms with Gasteiger partial charge >= 0.3 is 0 Å². The van der Waals surface area contributed by atoms with Crippen LogP contribution in [-0.2, 0) is 0 Å². The number of Topliss-reactive ketones (excluding diaryl/α,β-unsaturated/α-hetero) is 1. The molecule has 0 amide bonds. The van der Waals surface area contributed by atoms with Crippen LogP contribution < -0.4 is 4.74 Å². The van der Waals surface area contributed by atoms with Crippen LogP contribution in [0.5, 0.6) is 5.75 Å². The van der Waals surface area contributed by atoms with E-state index in [4.69, 9.17) is 4.74 Å². The number of rotatable bonds is 10. The molecular weight excluding hydrogens is 332 g/mol. The van der Waals surface area contributed by atoms with Crippen molar-refractivity contribution in [2.45, 2.75) is 66.2 Å². The predicted octanol–water partition coefficient (Wildman–Crippen LogP) is 7.32. The molecule has 2 aromatic carbocycles. The Labute approximate surface area is 165 Å². The van der Waals surface area contributed by atoms with Crippen LogP contribution in [-0.4, -0.2) is 12.4 Å². The van der Waals surface area contributed by atoms with E-state index >= 15 is 0 Å². The fraction of sp³-hybridized carbons (Fsp3) is 0.480. The quantitative estimate of drug-likeness (QED) is 0.325. The highest BCUT2D eigenvalue weighted by atomic mass is 16.5. The Bertz CT molecular complexity index is 691.